The third-order valence-electron chi connectivity index (χ3n) is 14.2. The van der Waals surface area contributed by atoms with Gasteiger partial charge in [0.25, 0.3) is 0 Å². The number of aryl methyl sites for hydroxylation is 6. The molecule has 0 atom stereocenters. The first-order valence-electron chi connectivity index (χ1n) is 26.5. The van der Waals surface area contributed by atoms with Gasteiger partial charge < -0.3 is 0 Å². The van der Waals surface area contributed by atoms with Gasteiger partial charge in [-0.25, -0.2) is 0 Å². The van der Waals surface area contributed by atoms with Crippen LogP contribution < -0.4 is 0 Å². The molecule has 11 rings (SSSR count). The van der Waals surface area contributed by atoms with Crippen molar-refractivity contribution in [1.29, 1.82) is 0 Å². The summed E-state index contributed by atoms with van der Waals surface area (Å²) in [6.07, 6.45) is 16.8. The van der Waals surface area contributed by atoms with E-state index in [1.54, 1.807) is 0 Å². The topological polar surface area (TPSA) is 0 Å². The lowest BCUT2D eigenvalue weighted by molar-refractivity contribution is 1.38. The molecular weight excluding hydrogens is 937 g/mol. The van der Waals surface area contributed by atoms with Gasteiger partial charge in [-0.3, -0.25) is 0 Å². The van der Waals surface area contributed by atoms with E-state index in [0.29, 0.717) is 0 Å². The molecule has 0 saturated carbocycles. The number of hydrogen-bond donors (Lipinski definition) is 0. The Kier molecular flexibility index (Phi) is 15.2. The van der Waals surface area contributed by atoms with Gasteiger partial charge in [-0.2, -0.15) is 0 Å². The fourth-order valence-corrected chi connectivity index (χ4v) is 10.7. The number of benzene rings is 11. The van der Waals surface area contributed by atoms with E-state index >= 15 is 0 Å². The van der Waals surface area contributed by atoms with Crippen LogP contribution in [0.1, 0.15) is 50.1 Å². The quantitative estimate of drug-likeness (QED) is 0.126. The zero-order valence-electron chi connectivity index (χ0n) is 45.2. The Labute approximate surface area is 462 Å². The minimum atomic E-state index is 0.850. The number of terminal acetylenes is 3. The van der Waals surface area contributed by atoms with Crippen LogP contribution in [0.2, 0.25) is 0 Å². The van der Waals surface area contributed by atoms with Crippen LogP contribution in [-0.2, 0) is 0 Å². The molecule has 0 heteroatoms. The van der Waals surface area contributed by atoms with Crippen molar-refractivity contribution in [2.24, 2.45) is 0 Å². The standard InChI is InChI=1S/C48H42.C30H18/c1-31-16-32(2)20-43(19-31)37-10-7-13-40(25-37)46-28-47(41-14-8-11-38(26-41)44-21-33(3)17-34(4)22-44)30-48(29-46)42-15-9-12-39(27-42)45-23-35(5)18-36(6)24-45;1-4-22-10-7-13-25(16-22)28-19-29(26-14-8-11-23(5-2)17-26)21-30(20-28)27-15-9-12-24(6-3)18-27/h7-30H,1-6H3;1-3,7-21H. The fraction of sp³-hybridized carbons (Fsp3) is 0.0769. The maximum absolute atomic E-state index is 5.62. The van der Waals surface area contributed by atoms with Gasteiger partial charge in [-0.15, -0.1) is 19.3 Å². The largest absolute Gasteiger partial charge is 0.115 e. The summed E-state index contributed by atoms with van der Waals surface area (Å²) in [6, 6.07) is 85.0. The monoisotopic (exact) mass is 996 g/mol. The van der Waals surface area contributed by atoms with E-state index in [1.807, 2.05) is 54.6 Å². The van der Waals surface area contributed by atoms with Gasteiger partial charge >= 0.3 is 0 Å². The summed E-state index contributed by atoms with van der Waals surface area (Å²) in [5, 5.41) is 0. The molecule has 0 bridgehead atoms. The molecule has 78 heavy (non-hydrogen) atoms. The van der Waals surface area contributed by atoms with Crippen LogP contribution in [0.25, 0.3) is 100 Å². The van der Waals surface area contributed by atoms with E-state index in [-0.39, 0.29) is 0 Å². The molecule has 0 unspecified atom stereocenters. The van der Waals surface area contributed by atoms with Crippen molar-refractivity contribution >= 4 is 0 Å². The van der Waals surface area contributed by atoms with Gasteiger partial charge in [-0.05, 0) is 233 Å². The molecule has 0 spiro atoms. The molecule has 0 amide bonds. The molecule has 0 saturated heterocycles. The predicted octanol–water partition coefficient (Wildman–Crippen LogP) is 20.2. The lowest BCUT2D eigenvalue weighted by atomic mass is 9.90. The van der Waals surface area contributed by atoms with Crippen molar-refractivity contribution in [1.82, 2.24) is 0 Å². The first-order valence-corrected chi connectivity index (χ1v) is 26.5. The molecular formula is C78H60. The maximum Gasteiger partial charge on any atom is 0.0248 e. The summed E-state index contributed by atoms with van der Waals surface area (Å²) in [5.41, 5.74) is 31.4. The Balaban J connectivity index is 0.000000197. The summed E-state index contributed by atoms with van der Waals surface area (Å²) in [5.74, 6) is 8.15. The van der Waals surface area contributed by atoms with Crippen LogP contribution in [0.4, 0.5) is 0 Å². The second kappa shape index (κ2) is 22.9. The minimum Gasteiger partial charge on any atom is -0.115 e. The van der Waals surface area contributed by atoms with E-state index in [2.05, 4.69) is 241 Å². The molecule has 372 valence electrons. The average Bonchev–Trinajstić information content (AvgIpc) is 3.49. The first kappa shape index (κ1) is 51.6. The van der Waals surface area contributed by atoms with Gasteiger partial charge in [0.05, 0.1) is 0 Å². The van der Waals surface area contributed by atoms with Crippen LogP contribution >= 0.6 is 0 Å². The molecule has 0 aromatic heterocycles. The second-order valence-corrected chi connectivity index (χ2v) is 20.6. The summed E-state index contributed by atoms with van der Waals surface area (Å²) in [7, 11) is 0. The van der Waals surface area contributed by atoms with Crippen molar-refractivity contribution in [3.63, 3.8) is 0 Å². The Hall–Kier alpha value is -9.90. The zero-order valence-corrected chi connectivity index (χ0v) is 45.2. The Morgan fingerprint density at radius 1 is 0.179 bits per heavy atom. The second-order valence-electron chi connectivity index (χ2n) is 20.6. The minimum absolute atomic E-state index is 0.850. The van der Waals surface area contributed by atoms with E-state index in [4.69, 9.17) is 19.3 Å². The molecule has 0 nitrogen and oxygen atoms in total. The molecule has 0 radical (unpaired) electrons. The van der Waals surface area contributed by atoms with Crippen LogP contribution in [-0.4, -0.2) is 0 Å². The van der Waals surface area contributed by atoms with Crippen molar-refractivity contribution in [2.45, 2.75) is 41.5 Å². The summed E-state index contributed by atoms with van der Waals surface area (Å²) in [6.45, 7) is 13.1. The molecule has 0 aliphatic carbocycles. The third kappa shape index (κ3) is 12.1. The van der Waals surface area contributed by atoms with E-state index in [9.17, 15) is 0 Å². The highest BCUT2D eigenvalue weighted by Gasteiger charge is 2.13. The van der Waals surface area contributed by atoms with Crippen LogP contribution in [0, 0.1) is 78.6 Å². The zero-order chi connectivity index (χ0) is 54.3. The lowest BCUT2D eigenvalue weighted by Gasteiger charge is -2.14. The van der Waals surface area contributed by atoms with Crippen molar-refractivity contribution in [2.75, 3.05) is 0 Å². The van der Waals surface area contributed by atoms with Gasteiger partial charge in [0, 0.05) is 16.7 Å². The maximum atomic E-state index is 5.62. The lowest BCUT2D eigenvalue weighted by Crippen LogP contribution is -1.89. The first-order chi connectivity index (χ1) is 37.9. The number of rotatable bonds is 9. The highest BCUT2D eigenvalue weighted by atomic mass is 14.2. The van der Waals surface area contributed by atoms with Crippen molar-refractivity contribution in [3.05, 3.63) is 287 Å². The smallest absolute Gasteiger partial charge is 0.0248 e. The van der Waals surface area contributed by atoms with Crippen LogP contribution in [0.5, 0.6) is 0 Å². The average molecular weight is 997 g/mol. The molecule has 0 aliphatic heterocycles. The van der Waals surface area contributed by atoms with Gasteiger partial charge in [0.15, 0.2) is 0 Å². The van der Waals surface area contributed by atoms with Gasteiger partial charge in [0.2, 0.25) is 0 Å². The van der Waals surface area contributed by atoms with Crippen molar-refractivity contribution in [3.8, 4) is 137 Å². The molecule has 0 heterocycles. The Bertz CT molecular complexity index is 3670. The highest BCUT2D eigenvalue weighted by molar-refractivity contribution is 5.86. The van der Waals surface area contributed by atoms with E-state index in [0.717, 1.165) is 50.1 Å². The van der Waals surface area contributed by atoms with E-state index < -0.39 is 0 Å². The molecule has 0 N–H and O–H groups in total. The highest BCUT2D eigenvalue weighted by Crippen LogP contribution is 2.39. The van der Waals surface area contributed by atoms with Crippen molar-refractivity contribution < 1.29 is 0 Å². The summed E-state index contributed by atoms with van der Waals surface area (Å²) in [4.78, 5) is 0. The Morgan fingerprint density at radius 3 is 0.526 bits per heavy atom. The molecule has 11 aromatic rings. The van der Waals surface area contributed by atoms with Crippen LogP contribution in [0.15, 0.2) is 237 Å². The molecule has 11 aromatic carbocycles. The number of hydrogen-bond acceptors (Lipinski definition) is 0. The fourth-order valence-electron chi connectivity index (χ4n) is 10.7. The SMILES string of the molecule is C#Cc1cccc(-c2cc(-c3cccc(C#C)c3)cc(-c3cccc(C#C)c3)c2)c1.Cc1cc(C)cc(-c2cccc(-c3cc(-c4cccc(-c5cc(C)cc(C)c5)c4)cc(-c4cccc(-c5cc(C)cc(C)c5)c4)c3)c2)c1. The third-order valence-corrected chi connectivity index (χ3v) is 14.2. The molecule has 0 fully saturated rings. The van der Waals surface area contributed by atoms with Crippen LogP contribution in [0.3, 0.4) is 0 Å². The normalized spacial score (nSPS) is 10.7. The van der Waals surface area contributed by atoms with E-state index in [1.165, 1.54) is 100 Å². The predicted molar refractivity (Wildman–Crippen MR) is 334 cm³/mol. The summed E-state index contributed by atoms with van der Waals surface area (Å²) < 4.78 is 0. The van der Waals surface area contributed by atoms with Gasteiger partial charge in [0.1, 0.15) is 0 Å². The molecule has 0 aliphatic rings. The van der Waals surface area contributed by atoms with Gasteiger partial charge in [-0.1, -0.05) is 197 Å². The summed E-state index contributed by atoms with van der Waals surface area (Å²) >= 11 is 0. The Morgan fingerprint density at radius 2 is 0.333 bits per heavy atom.